The maximum absolute atomic E-state index is 9.59. The molecular weight excluding hydrogens is 344 g/mol. The van der Waals surface area contributed by atoms with Crippen molar-refractivity contribution in [3.05, 3.63) is 60.3 Å². The number of aromatic nitrogens is 2. The lowest BCUT2D eigenvalue weighted by molar-refractivity contribution is 0.164. The number of hydrogen-bond donors (Lipinski definition) is 1. The summed E-state index contributed by atoms with van der Waals surface area (Å²) < 4.78 is 17.0. The van der Waals surface area contributed by atoms with E-state index in [9.17, 15) is 5.26 Å². The first kappa shape index (κ1) is 18.3. The Morgan fingerprint density at radius 3 is 2.70 bits per heavy atom. The van der Waals surface area contributed by atoms with Crippen LogP contribution < -0.4 is 19.5 Å². The number of nitrogens with zero attached hydrogens (tertiary/aromatic N) is 3. The van der Waals surface area contributed by atoms with E-state index in [0.717, 1.165) is 11.3 Å². The van der Waals surface area contributed by atoms with Gasteiger partial charge >= 0.3 is 0 Å². The van der Waals surface area contributed by atoms with E-state index in [-0.39, 0.29) is 12.5 Å². The summed E-state index contributed by atoms with van der Waals surface area (Å²) in [6, 6.07) is 9.74. The molecule has 0 saturated heterocycles. The van der Waals surface area contributed by atoms with Gasteiger partial charge in [-0.05, 0) is 23.8 Å². The van der Waals surface area contributed by atoms with Crippen LogP contribution in [0.4, 0.5) is 5.95 Å². The number of anilines is 1. The lowest BCUT2D eigenvalue weighted by atomic mass is 9.97. The molecule has 0 bridgehead atoms. The summed E-state index contributed by atoms with van der Waals surface area (Å²) in [5.74, 6) is 1.75. The molecule has 1 heterocycles. The van der Waals surface area contributed by atoms with Gasteiger partial charge in [0.15, 0.2) is 0 Å². The Bertz CT molecular complexity index is 887. The van der Waals surface area contributed by atoms with Gasteiger partial charge in [-0.2, -0.15) is 10.2 Å². The minimum atomic E-state index is -1.10. The van der Waals surface area contributed by atoms with Crippen molar-refractivity contribution in [2.75, 3.05) is 19.5 Å². The van der Waals surface area contributed by atoms with E-state index in [1.165, 1.54) is 6.20 Å². The summed E-state index contributed by atoms with van der Waals surface area (Å²) in [7, 11) is 3.34. The Balaban J connectivity index is 1.81. The van der Waals surface area contributed by atoms with E-state index in [2.05, 4.69) is 21.4 Å². The number of benzene rings is 1. The summed E-state index contributed by atoms with van der Waals surface area (Å²) in [6.45, 7) is 0.288. The van der Waals surface area contributed by atoms with Crippen LogP contribution in [0.15, 0.2) is 54.8 Å². The average Bonchev–Trinajstić information content (AvgIpc) is 2.74. The number of nitriles is 1. The van der Waals surface area contributed by atoms with Crippen LogP contribution in [-0.4, -0.2) is 29.7 Å². The maximum atomic E-state index is 9.59. The first-order valence-corrected chi connectivity index (χ1v) is 8.43. The Morgan fingerprint density at radius 2 is 2.07 bits per heavy atom. The van der Waals surface area contributed by atoms with E-state index in [4.69, 9.17) is 14.2 Å². The van der Waals surface area contributed by atoms with Gasteiger partial charge in [0.05, 0.1) is 13.3 Å². The Hall–Kier alpha value is -3.53. The maximum Gasteiger partial charge on any atom is 0.262 e. The van der Waals surface area contributed by atoms with Crippen LogP contribution in [0.25, 0.3) is 0 Å². The molecule has 0 fully saturated rings. The number of methoxy groups -OCH3 is 1. The molecular formula is C20H20N4O3. The summed E-state index contributed by atoms with van der Waals surface area (Å²) in [4.78, 5) is 8.50. The van der Waals surface area contributed by atoms with Gasteiger partial charge in [0.2, 0.25) is 17.3 Å². The van der Waals surface area contributed by atoms with E-state index in [1.54, 1.807) is 26.3 Å². The van der Waals surface area contributed by atoms with E-state index in [1.807, 2.05) is 36.4 Å². The fourth-order valence-electron chi connectivity index (χ4n) is 2.50. The van der Waals surface area contributed by atoms with Crippen molar-refractivity contribution < 1.29 is 14.2 Å². The summed E-state index contributed by atoms with van der Waals surface area (Å²) >= 11 is 0. The Morgan fingerprint density at radius 1 is 1.26 bits per heavy atom. The molecule has 7 nitrogen and oxygen atoms in total. The third-order valence-corrected chi connectivity index (χ3v) is 4.00. The molecule has 0 radical (unpaired) electrons. The third kappa shape index (κ3) is 4.36. The molecule has 0 aliphatic heterocycles. The molecule has 27 heavy (non-hydrogen) atoms. The van der Waals surface area contributed by atoms with Crippen LogP contribution in [0.2, 0.25) is 0 Å². The number of hydrogen-bond acceptors (Lipinski definition) is 7. The monoisotopic (exact) mass is 364 g/mol. The largest absolute Gasteiger partial charge is 0.497 e. The number of allylic oxidation sites excluding steroid dienone is 2. The van der Waals surface area contributed by atoms with Crippen LogP contribution in [0.1, 0.15) is 12.0 Å². The van der Waals surface area contributed by atoms with Gasteiger partial charge < -0.3 is 19.5 Å². The van der Waals surface area contributed by atoms with Crippen LogP contribution in [0.5, 0.6) is 17.4 Å². The molecule has 0 amide bonds. The zero-order valence-electron chi connectivity index (χ0n) is 15.2. The molecule has 1 aromatic heterocycles. The van der Waals surface area contributed by atoms with Gasteiger partial charge in [0.1, 0.15) is 18.4 Å². The van der Waals surface area contributed by atoms with Crippen molar-refractivity contribution in [2.24, 2.45) is 0 Å². The minimum absolute atomic E-state index is 0.266. The molecule has 0 spiro atoms. The summed E-state index contributed by atoms with van der Waals surface area (Å²) in [6.07, 6.45) is 9.20. The summed E-state index contributed by atoms with van der Waals surface area (Å²) in [5.41, 5.74) is -0.154. The standard InChI is InChI=1S/C20H20N4O3/c1-22-19-23-12-17(27-20(14-21)10-4-3-5-11-20)18(24-19)26-13-15-6-8-16(25-2)9-7-15/h3-10,12H,11,13H2,1-2H3,(H,22,23,24). The smallest absolute Gasteiger partial charge is 0.262 e. The third-order valence-electron chi connectivity index (χ3n) is 4.00. The lowest BCUT2D eigenvalue weighted by Gasteiger charge is -2.25. The second-order valence-corrected chi connectivity index (χ2v) is 5.84. The highest BCUT2D eigenvalue weighted by atomic mass is 16.5. The molecule has 0 saturated carbocycles. The predicted molar refractivity (Wildman–Crippen MR) is 101 cm³/mol. The number of nitrogens with one attached hydrogen (secondary N) is 1. The van der Waals surface area contributed by atoms with E-state index < -0.39 is 5.60 Å². The fourth-order valence-corrected chi connectivity index (χ4v) is 2.50. The van der Waals surface area contributed by atoms with Crippen LogP contribution in [0, 0.1) is 11.3 Å². The Kier molecular flexibility index (Phi) is 5.57. The fraction of sp³-hybridized carbons (Fsp3) is 0.250. The van der Waals surface area contributed by atoms with Crippen molar-refractivity contribution in [2.45, 2.75) is 18.6 Å². The molecule has 7 heteroatoms. The predicted octanol–water partition coefficient (Wildman–Crippen LogP) is 3.26. The van der Waals surface area contributed by atoms with Crippen molar-refractivity contribution >= 4 is 5.95 Å². The molecule has 1 N–H and O–H groups in total. The highest BCUT2D eigenvalue weighted by Crippen LogP contribution is 2.32. The average molecular weight is 364 g/mol. The van der Waals surface area contributed by atoms with Crippen LogP contribution in [0.3, 0.4) is 0 Å². The van der Waals surface area contributed by atoms with Crippen molar-refractivity contribution in [3.8, 4) is 23.4 Å². The SMILES string of the molecule is CNc1ncc(OC2(C#N)C=CC=CC2)c(OCc2ccc(OC)cc2)n1. The van der Waals surface area contributed by atoms with Gasteiger partial charge in [-0.25, -0.2) is 4.98 Å². The zero-order valence-corrected chi connectivity index (χ0v) is 15.2. The molecule has 1 atom stereocenters. The first-order valence-electron chi connectivity index (χ1n) is 8.43. The first-order chi connectivity index (χ1) is 13.2. The topological polar surface area (TPSA) is 89.3 Å². The van der Waals surface area contributed by atoms with Gasteiger partial charge in [-0.15, -0.1) is 0 Å². The van der Waals surface area contributed by atoms with Gasteiger partial charge in [-0.3, -0.25) is 0 Å². The second-order valence-electron chi connectivity index (χ2n) is 5.84. The van der Waals surface area contributed by atoms with Crippen molar-refractivity contribution in [1.82, 2.24) is 9.97 Å². The normalized spacial score (nSPS) is 17.8. The highest BCUT2D eigenvalue weighted by molar-refractivity contribution is 5.40. The number of rotatable bonds is 7. The lowest BCUT2D eigenvalue weighted by Crippen LogP contribution is -2.32. The molecule has 1 aromatic carbocycles. The quantitative estimate of drug-likeness (QED) is 0.806. The van der Waals surface area contributed by atoms with Gasteiger partial charge in [0, 0.05) is 13.5 Å². The van der Waals surface area contributed by atoms with Gasteiger partial charge in [-0.1, -0.05) is 30.4 Å². The second kappa shape index (κ2) is 8.23. The van der Waals surface area contributed by atoms with E-state index >= 15 is 0 Å². The summed E-state index contributed by atoms with van der Waals surface area (Å²) in [5, 5.41) is 12.5. The van der Waals surface area contributed by atoms with E-state index in [0.29, 0.717) is 18.1 Å². The number of ether oxygens (including phenoxy) is 3. The van der Waals surface area contributed by atoms with Crippen molar-refractivity contribution in [1.29, 1.82) is 5.26 Å². The van der Waals surface area contributed by atoms with Gasteiger partial charge in [0.25, 0.3) is 5.88 Å². The zero-order chi connectivity index (χ0) is 19.1. The molecule has 2 aromatic rings. The van der Waals surface area contributed by atoms with Crippen molar-refractivity contribution in [3.63, 3.8) is 0 Å². The highest BCUT2D eigenvalue weighted by Gasteiger charge is 2.31. The Labute approximate surface area is 157 Å². The molecule has 1 unspecified atom stereocenters. The van der Waals surface area contributed by atoms with Crippen LogP contribution in [-0.2, 0) is 6.61 Å². The molecule has 1 aliphatic rings. The minimum Gasteiger partial charge on any atom is -0.497 e. The molecule has 138 valence electrons. The molecule has 3 rings (SSSR count). The molecule has 1 aliphatic carbocycles. The van der Waals surface area contributed by atoms with Crippen LogP contribution >= 0.6 is 0 Å².